The van der Waals surface area contributed by atoms with Gasteiger partial charge in [0.15, 0.2) is 5.11 Å². The fourth-order valence-corrected chi connectivity index (χ4v) is 2.16. The summed E-state index contributed by atoms with van der Waals surface area (Å²) in [6.07, 6.45) is 0. The summed E-state index contributed by atoms with van der Waals surface area (Å²) in [6.45, 7) is 0. The number of hydrogen-bond donors (Lipinski definition) is 2. The molecule has 0 saturated heterocycles. The smallest absolute Gasteiger partial charge is 0.175 e. The lowest BCUT2D eigenvalue weighted by Crippen LogP contribution is -2.19. The van der Waals surface area contributed by atoms with E-state index in [1.54, 1.807) is 38.5 Å². The Balaban J connectivity index is 2.09. The number of ether oxygens (including phenoxy) is 2. The van der Waals surface area contributed by atoms with Crippen molar-refractivity contribution >= 4 is 40.3 Å². The number of benzene rings is 2. The molecular formula is C15H14ClFN2O2S. The van der Waals surface area contributed by atoms with Gasteiger partial charge in [-0.1, -0.05) is 11.6 Å². The van der Waals surface area contributed by atoms with Crippen molar-refractivity contribution in [2.45, 2.75) is 0 Å². The average Bonchev–Trinajstić information content (AvgIpc) is 2.50. The zero-order valence-electron chi connectivity index (χ0n) is 11.9. The molecule has 0 radical (unpaired) electrons. The molecule has 0 bridgehead atoms. The van der Waals surface area contributed by atoms with Crippen molar-refractivity contribution < 1.29 is 13.9 Å². The minimum absolute atomic E-state index is 0.0239. The van der Waals surface area contributed by atoms with Crippen LogP contribution in [-0.4, -0.2) is 19.3 Å². The van der Waals surface area contributed by atoms with Gasteiger partial charge in [-0.25, -0.2) is 4.39 Å². The molecule has 2 rings (SSSR count). The molecule has 4 nitrogen and oxygen atoms in total. The molecule has 0 spiro atoms. The molecule has 0 fully saturated rings. The second kappa shape index (κ2) is 7.29. The van der Waals surface area contributed by atoms with Crippen LogP contribution in [0.1, 0.15) is 0 Å². The highest BCUT2D eigenvalue weighted by Gasteiger charge is 2.06. The summed E-state index contributed by atoms with van der Waals surface area (Å²) >= 11 is 10.9. The molecule has 2 aromatic rings. The maximum atomic E-state index is 13.1. The summed E-state index contributed by atoms with van der Waals surface area (Å²) in [5.74, 6) is 0.785. The third-order valence-corrected chi connectivity index (χ3v) is 3.28. The van der Waals surface area contributed by atoms with Gasteiger partial charge < -0.3 is 20.1 Å². The monoisotopic (exact) mass is 340 g/mol. The SMILES string of the molecule is COc1cc(NC(=S)Nc2ccc(F)c(Cl)c2)cc(OC)c1. The predicted octanol–water partition coefficient (Wildman–Crippen LogP) is 4.31. The first-order valence-electron chi connectivity index (χ1n) is 6.28. The van der Waals surface area contributed by atoms with Crippen LogP contribution in [0.2, 0.25) is 5.02 Å². The first-order chi connectivity index (χ1) is 10.5. The van der Waals surface area contributed by atoms with Crippen LogP contribution >= 0.6 is 23.8 Å². The largest absolute Gasteiger partial charge is 0.497 e. The lowest BCUT2D eigenvalue weighted by atomic mass is 10.3. The van der Waals surface area contributed by atoms with Crippen LogP contribution in [0, 0.1) is 5.82 Å². The molecule has 0 saturated carbocycles. The number of thiocarbonyl (C=S) groups is 1. The van der Waals surface area contributed by atoms with Crippen LogP contribution in [0.15, 0.2) is 36.4 Å². The van der Waals surface area contributed by atoms with Gasteiger partial charge in [0.25, 0.3) is 0 Å². The summed E-state index contributed by atoms with van der Waals surface area (Å²) in [6, 6.07) is 9.56. The van der Waals surface area contributed by atoms with Crippen LogP contribution in [-0.2, 0) is 0 Å². The van der Waals surface area contributed by atoms with E-state index in [2.05, 4.69) is 10.6 Å². The summed E-state index contributed by atoms with van der Waals surface area (Å²) in [5, 5.41) is 6.27. The Morgan fingerprint density at radius 3 is 2.14 bits per heavy atom. The second-order valence-electron chi connectivity index (χ2n) is 4.31. The number of methoxy groups -OCH3 is 2. The summed E-state index contributed by atoms with van der Waals surface area (Å²) in [7, 11) is 3.13. The van der Waals surface area contributed by atoms with Crippen LogP contribution in [0.25, 0.3) is 0 Å². The van der Waals surface area contributed by atoms with Gasteiger partial charge >= 0.3 is 0 Å². The molecule has 7 heteroatoms. The average molecular weight is 341 g/mol. The lowest BCUT2D eigenvalue weighted by molar-refractivity contribution is 0.395. The number of hydrogen-bond acceptors (Lipinski definition) is 3. The Morgan fingerprint density at radius 1 is 1.00 bits per heavy atom. The molecule has 0 atom stereocenters. The molecule has 2 aromatic carbocycles. The molecule has 116 valence electrons. The Labute approximate surface area is 138 Å². The highest BCUT2D eigenvalue weighted by Crippen LogP contribution is 2.26. The van der Waals surface area contributed by atoms with Crippen LogP contribution in [0.5, 0.6) is 11.5 Å². The maximum absolute atomic E-state index is 13.1. The van der Waals surface area contributed by atoms with Gasteiger partial charge in [-0.05, 0) is 30.4 Å². The van der Waals surface area contributed by atoms with E-state index in [1.807, 2.05) is 0 Å². The molecule has 0 aliphatic heterocycles. The van der Waals surface area contributed by atoms with Gasteiger partial charge in [-0.15, -0.1) is 0 Å². The van der Waals surface area contributed by atoms with Crippen LogP contribution in [0.4, 0.5) is 15.8 Å². The molecule has 0 aromatic heterocycles. The zero-order chi connectivity index (χ0) is 16.1. The van der Waals surface area contributed by atoms with Crippen molar-refractivity contribution in [3.05, 3.63) is 47.2 Å². The molecule has 2 N–H and O–H groups in total. The van der Waals surface area contributed by atoms with Gasteiger partial charge in [0.2, 0.25) is 0 Å². The zero-order valence-corrected chi connectivity index (χ0v) is 13.5. The van der Waals surface area contributed by atoms with Gasteiger partial charge in [-0.3, -0.25) is 0 Å². The lowest BCUT2D eigenvalue weighted by Gasteiger charge is -2.13. The van der Waals surface area contributed by atoms with E-state index in [0.717, 1.165) is 0 Å². The van der Waals surface area contributed by atoms with Crippen molar-refractivity contribution in [3.8, 4) is 11.5 Å². The topological polar surface area (TPSA) is 42.5 Å². The van der Waals surface area contributed by atoms with Crippen molar-refractivity contribution in [1.29, 1.82) is 0 Å². The van der Waals surface area contributed by atoms with Gasteiger partial charge in [-0.2, -0.15) is 0 Å². The van der Waals surface area contributed by atoms with E-state index >= 15 is 0 Å². The van der Waals surface area contributed by atoms with E-state index in [0.29, 0.717) is 28.0 Å². The normalized spacial score (nSPS) is 10.0. The van der Waals surface area contributed by atoms with Gasteiger partial charge in [0.1, 0.15) is 17.3 Å². The summed E-state index contributed by atoms with van der Waals surface area (Å²) in [4.78, 5) is 0. The van der Waals surface area contributed by atoms with E-state index in [4.69, 9.17) is 33.3 Å². The van der Waals surface area contributed by atoms with Gasteiger partial charge in [0.05, 0.1) is 19.2 Å². The Hall–Kier alpha value is -2.05. The quantitative estimate of drug-likeness (QED) is 0.812. The number of rotatable bonds is 4. The molecule has 0 heterocycles. The highest BCUT2D eigenvalue weighted by molar-refractivity contribution is 7.80. The summed E-state index contributed by atoms with van der Waals surface area (Å²) < 4.78 is 23.5. The highest BCUT2D eigenvalue weighted by atomic mass is 35.5. The van der Waals surface area contributed by atoms with Crippen LogP contribution in [0.3, 0.4) is 0 Å². The predicted molar refractivity (Wildman–Crippen MR) is 90.8 cm³/mol. The first-order valence-corrected chi connectivity index (χ1v) is 7.06. The maximum Gasteiger partial charge on any atom is 0.175 e. The van der Waals surface area contributed by atoms with E-state index in [1.165, 1.54) is 12.1 Å². The van der Waals surface area contributed by atoms with E-state index in [9.17, 15) is 4.39 Å². The Morgan fingerprint density at radius 2 is 1.59 bits per heavy atom. The molecular weight excluding hydrogens is 327 g/mol. The summed E-state index contributed by atoms with van der Waals surface area (Å²) in [5.41, 5.74) is 1.28. The molecule has 0 amide bonds. The third kappa shape index (κ3) is 4.22. The molecule has 22 heavy (non-hydrogen) atoms. The standard InChI is InChI=1S/C15H14ClFN2O2S/c1-20-11-5-10(6-12(8-11)21-2)19-15(22)18-9-3-4-14(17)13(16)7-9/h3-8H,1-2H3,(H2,18,19,22). The Bertz CT molecular complexity index is 675. The third-order valence-electron chi connectivity index (χ3n) is 2.79. The van der Waals surface area contributed by atoms with Crippen LogP contribution < -0.4 is 20.1 Å². The molecule has 0 aliphatic rings. The first kappa shape index (κ1) is 16.3. The number of nitrogens with one attached hydrogen (secondary N) is 2. The minimum Gasteiger partial charge on any atom is -0.497 e. The van der Waals surface area contributed by atoms with E-state index in [-0.39, 0.29) is 5.02 Å². The number of halogens is 2. The molecule has 0 unspecified atom stereocenters. The van der Waals surface area contributed by atoms with Crippen molar-refractivity contribution in [1.82, 2.24) is 0 Å². The van der Waals surface area contributed by atoms with E-state index < -0.39 is 5.82 Å². The van der Waals surface area contributed by atoms with Crippen molar-refractivity contribution in [2.24, 2.45) is 0 Å². The molecule has 0 aliphatic carbocycles. The van der Waals surface area contributed by atoms with Crippen molar-refractivity contribution in [3.63, 3.8) is 0 Å². The fourth-order valence-electron chi connectivity index (χ4n) is 1.75. The minimum atomic E-state index is -0.483. The second-order valence-corrected chi connectivity index (χ2v) is 5.12. The number of anilines is 2. The van der Waals surface area contributed by atoms with Crippen molar-refractivity contribution in [2.75, 3.05) is 24.9 Å². The van der Waals surface area contributed by atoms with Gasteiger partial charge in [0, 0.05) is 29.6 Å². The Kier molecular flexibility index (Phi) is 5.41. The fraction of sp³-hybridized carbons (Fsp3) is 0.133.